The lowest BCUT2D eigenvalue weighted by atomic mass is 10.2. The molecule has 1 saturated carbocycles. The molecule has 0 radical (unpaired) electrons. The van der Waals surface area contributed by atoms with Crippen molar-refractivity contribution < 1.29 is 9.53 Å². The zero-order chi connectivity index (χ0) is 12.3. The first-order chi connectivity index (χ1) is 8.27. The topological polar surface area (TPSA) is 83.0 Å². The first-order valence-electron chi connectivity index (χ1n) is 6.08. The minimum Gasteiger partial charge on any atom is -0.461 e. The predicted molar refractivity (Wildman–Crippen MR) is 61.6 cm³/mol. The Balaban J connectivity index is 2.20. The van der Waals surface area contributed by atoms with Gasteiger partial charge in [-0.2, -0.15) is 0 Å². The van der Waals surface area contributed by atoms with Crippen LogP contribution >= 0.6 is 0 Å². The van der Waals surface area contributed by atoms with E-state index in [1.807, 2.05) is 0 Å². The molecular weight excluding hydrogens is 220 g/mol. The van der Waals surface area contributed by atoms with Crippen LogP contribution in [-0.4, -0.2) is 34.1 Å². The number of ether oxygens (including phenoxy) is 1. The summed E-state index contributed by atoms with van der Waals surface area (Å²) >= 11 is 0. The van der Waals surface area contributed by atoms with E-state index in [4.69, 9.17) is 10.5 Å². The third-order valence-electron chi connectivity index (χ3n) is 2.78. The minimum absolute atomic E-state index is 0.360. The standard InChI is InChI=1S/C11H18N4O2/c1-2-17-11(16)9-10(8-4-5-8)15(14-13-9)7-3-6-12/h8H,2-7,12H2,1H3. The number of carbonyl (C=O) groups excluding carboxylic acids is 1. The summed E-state index contributed by atoms with van der Waals surface area (Å²) in [5, 5.41) is 7.97. The van der Waals surface area contributed by atoms with Gasteiger partial charge in [0.25, 0.3) is 0 Å². The minimum atomic E-state index is -0.367. The van der Waals surface area contributed by atoms with Crippen molar-refractivity contribution in [3.63, 3.8) is 0 Å². The van der Waals surface area contributed by atoms with Crippen LogP contribution in [0.25, 0.3) is 0 Å². The van der Waals surface area contributed by atoms with E-state index in [1.165, 1.54) is 0 Å². The summed E-state index contributed by atoms with van der Waals surface area (Å²) in [7, 11) is 0. The molecule has 1 fully saturated rings. The SMILES string of the molecule is CCOC(=O)c1nnn(CCCN)c1C1CC1. The Bertz CT molecular complexity index is 398. The highest BCUT2D eigenvalue weighted by Crippen LogP contribution is 2.41. The number of esters is 1. The molecule has 0 aliphatic heterocycles. The Kier molecular flexibility index (Phi) is 3.73. The summed E-state index contributed by atoms with van der Waals surface area (Å²) in [6, 6.07) is 0. The molecule has 0 bridgehead atoms. The third kappa shape index (κ3) is 2.63. The number of aromatic nitrogens is 3. The molecule has 1 aromatic heterocycles. The van der Waals surface area contributed by atoms with Gasteiger partial charge in [0.2, 0.25) is 0 Å². The van der Waals surface area contributed by atoms with Gasteiger partial charge in [-0.3, -0.25) is 0 Å². The van der Waals surface area contributed by atoms with Crippen molar-refractivity contribution in [2.45, 2.75) is 38.6 Å². The number of nitrogens with two attached hydrogens (primary N) is 1. The van der Waals surface area contributed by atoms with Crippen molar-refractivity contribution in [2.75, 3.05) is 13.2 Å². The summed E-state index contributed by atoms with van der Waals surface area (Å²) in [5.74, 6) is 0.0515. The van der Waals surface area contributed by atoms with Crippen molar-refractivity contribution >= 4 is 5.97 Å². The molecule has 1 aliphatic rings. The molecule has 2 rings (SSSR count). The number of hydrogen-bond donors (Lipinski definition) is 1. The van der Waals surface area contributed by atoms with Crippen LogP contribution in [-0.2, 0) is 11.3 Å². The molecular formula is C11H18N4O2. The first kappa shape index (κ1) is 12.0. The van der Waals surface area contributed by atoms with Crippen LogP contribution in [0.1, 0.15) is 48.3 Å². The van der Waals surface area contributed by atoms with Gasteiger partial charge in [-0.05, 0) is 32.7 Å². The van der Waals surface area contributed by atoms with Crippen LogP contribution in [0.2, 0.25) is 0 Å². The number of hydrogen-bond acceptors (Lipinski definition) is 5. The third-order valence-corrected chi connectivity index (χ3v) is 2.78. The molecule has 1 heterocycles. The van der Waals surface area contributed by atoms with E-state index in [2.05, 4.69) is 10.3 Å². The van der Waals surface area contributed by atoms with E-state index in [9.17, 15) is 4.79 Å². The molecule has 17 heavy (non-hydrogen) atoms. The second-order valence-corrected chi connectivity index (χ2v) is 4.18. The van der Waals surface area contributed by atoms with Crippen molar-refractivity contribution in [1.82, 2.24) is 15.0 Å². The fourth-order valence-corrected chi connectivity index (χ4v) is 1.83. The molecule has 1 aromatic rings. The van der Waals surface area contributed by atoms with Gasteiger partial charge >= 0.3 is 5.97 Å². The highest BCUT2D eigenvalue weighted by atomic mass is 16.5. The van der Waals surface area contributed by atoms with Gasteiger partial charge in [-0.1, -0.05) is 5.21 Å². The molecule has 1 aliphatic carbocycles. The predicted octanol–water partition coefficient (Wildman–Crippen LogP) is 0.681. The Morgan fingerprint density at radius 2 is 2.35 bits per heavy atom. The van der Waals surface area contributed by atoms with E-state index in [1.54, 1.807) is 11.6 Å². The van der Waals surface area contributed by atoms with Gasteiger partial charge in [-0.15, -0.1) is 5.10 Å². The Hall–Kier alpha value is -1.43. The zero-order valence-electron chi connectivity index (χ0n) is 10.1. The summed E-state index contributed by atoms with van der Waals surface area (Å²) < 4.78 is 6.79. The van der Waals surface area contributed by atoms with E-state index in [0.29, 0.717) is 24.8 Å². The first-order valence-corrected chi connectivity index (χ1v) is 6.08. The smallest absolute Gasteiger partial charge is 0.360 e. The molecule has 94 valence electrons. The molecule has 2 N–H and O–H groups in total. The van der Waals surface area contributed by atoms with Crippen LogP contribution in [0.5, 0.6) is 0 Å². The van der Waals surface area contributed by atoms with E-state index < -0.39 is 0 Å². The Morgan fingerprint density at radius 3 is 2.94 bits per heavy atom. The van der Waals surface area contributed by atoms with Gasteiger partial charge in [-0.25, -0.2) is 9.48 Å². The van der Waals surface area contributed by atoms with Crippen LogP contribution < -0.4 is 5.73 Å². The quantitative estimate of drug-likeness (QED) is 0.737. The second kappa shape index (κ2) is 5.27. The van der Waals surface area contributed by atoms with Crippen LogP contribution in [0.3, 0.4) is 0 Å². The fourth-order valence-electron chi connectivity index (χ4n) is 1.83. The van der Waals surface area contributed by atoms with Crippen molar-refractivity contribution in [3.05, 3.63) is 11.4 Å². The van der Waals surface area contributed by atoms with Crippen molar-refractivity contribution in [3.8, 4) is 0 Å². The highest BCUT2D eigenvalue weighted by molar-refractivity contribution is 5.88. The fraction of sp³-hybridized carbons (Fsp3) is 0.727. The normalized spacial score (nSPS) is 14.9. The molecule has 0 amide bonds. The van der Waals surface area contributed by atoms with E-state index in [0.717, 1.165) is 31.5 Å². The molecule has 0 spiro atoms. The lowest BCUT2D eigenvalue weighted by Crippen LogP contribution is -2.12. The number of carbonyl (C=O) groups is 1. The molecule has 6 heteroatoms. The molecule has 6 nitrogen and oxygen atoms in total. The number of aryl methyl sites for hydroxylation is 1. The largest absolute Gasteiger partial charge is 0.461 e. The van der Waals surface area contributed by atoms with Crippen LogP contribution in [0, 0.1) is 0 Å². The summed E-state index contributed by atoms with van der Waals surface area (Å²) in [5.41, 5.74) is 6.79. The summed E-state index contributed by atoms with van der Waals surface area (Å²) in [4.78, 5) is 11.7. The average Bonchev–Trinajstić information content (AvgIpc) is 3.07. The number of rotatable bonds is 6. The lowest BCUT2D eigenvalue weighted by molar-refractivity contribution is 0.0518. The molecule has 0 unspecified atom stereocenters. The zero-order valence-corrected chi connectivity index (χ0v) is 10.1. The number of nitrogens with zero attached hydrogens (tertiary/aromatic N) is 3. The van der Waals surface area contributed by atoms with Gasteiger partial charge in [0.15, 0.2) is 5.69 Å². The summed E-state index contributed by atoms with van der Waals surface area (Å²) in [6.07, 6.45) is 3.04. The maximum absolute atomic E-state index is 11.7. The van der Waals surface area contributed by atoms with Gasteiger partial charge < -0.3 is 10.5 Å². The van der Waals surface area contributed by atoms with Crippen LogP contribution in [0.15, 0.2) is 0 Å². The maximum Gasteiger partial charge on any atom is 0.360 e. The van der Waals surface area contributed by atoms with E-state index >= 15 is 0 Å². The molecule has 0 atom stereocenters. The van der Waals surface area contributed by atoms with Gasteiger partial charge in [0.1, 0.15) is 0 Å². The Labute approximate surface area is 100 Å². The summed E-state index contributed by atoms with van der Waals surface area (Å²) in [6.45, 7) is 3.47. The second-order valence-electron chi connectivity index (χ2n) is 4.18. The van der Waals surface area contributed by atoms with Crippen LogP contribution in [0.4, 0.5) is 0 Å². The molecule has 0 aromatic carbocycles. The van der Waals surface area contributed by atoms with Gasteiger partial charge in [0, 0.05) is 12.5 Å². The van der Waals surface area contributed by atoms with E-state index in [-0.39, 0.29) is 5.97 Å². The average molecular weight is 238 g/mol. The van der Waals surface area contributed by atoms with Crippen molar-refractivity contribution in [1.29, 1.82) is 0 Å². The Morgan fingerprint density at radius 1 is 1.59 bits per heavy atom. The maximum atomic E-state index is 11.7. The monoisotopic (exact) mass is 238 g/mol. The highest BCUT2D eigenvalue weighted by Gasteiger charge is 2.34. The van der Waals surface area contributed by atoms with Crippen molar-refractivity contribution in [2.24, 2.45) is 5.73 Å². The van der Waals surface area contributed by atoms with Gasteiger partial charge in [0.05, 0.1) is 12.3 Å². The molecule has 0 saturated heterocycles. The lowest BCUT2D eigenvalue weighted by Gasteiger charge is -2.05.